The molecule has 0 unspecified atom stereocenters. The first-order valence-corrected chi connectivity index (χ1v) is 6.41. The van der Waals surface area contributed by atoms with Crippen LogP contribution in [-0.2, 0) is 15.1 Å². The molecule has 0 aromatic heterocycles. The predicted octanol–water partition coefficient (Wildman–Crippen LogP) is 2.24. The van der Waals surface area contributed by atoms with Crippen LogP contribution in [0, 0.1) is 0 Å². The molecule has 2 atom stereocenters. The standard InChI is InChI=1S/C15H20N2O2/c1-14(2,3)19-13(18)12-15(4,17-10-16-12)11-8-6-5-7-9-11/h5-10,12H,1-4H3,(H,16,17)/t12-,15-/m0/s1. The summed E-state index contributed by atoms with van der Waals surface area (Å²) in [4.78, 5) is 16.5. The fourth-order valence-electron chi connectivity index (χ4n) is 2.15. The lowest BCUT2D eigenvalue weighted by atomic mass is 9.85. The van der Waals surface area contributed by atoms with Crippen LogP contribution in [0.4, 0.5) is 0 Å². The van der Waals surface area contributed by atoms with Crippen LogP contribution in [0.2, 0.25) is 0 Å². The number of ether oxygens (including phenoxy) is 1. The summed E-state index contributed by atoms with van der Waals surface area (Å²) in [6.45, 7) is 7.54. The summed E-state index contributed by atoms with van der Waals surface area (Å²) in [5, 5.41) is 3.17. The molecule has 1 heterocycles. The first-order chi connectivity index (χ1) is 8.83. The van der Waals surface area contributed by atoms with E-state index in [-0.39, 0.29) is 5.97 Å². The smallest absolute Gasteiger partial charge is 0.334 e. The van der Waals surface area contributed by atoms with Gasteiger partial charge >= 0.3 is 5.97 Å². The van der Waals surface area contributed by atoms with E-state index in [0.29, 0.717) is 0 Å². The number of carbonyl (C=O) groups is 1. The molecule has 0 bridgehead atoms. The average molecular weight is 260 g/mol. The summed E-state index contributed by atoms with van der Waals surface area (Å²) in [6, 6.07) is 9.26. The third-order valence-corrected chi connectivity index (χ3v) is 3.14. The number of hydrogen-bond donors (Lipinski definition) is 1. The molecular formula is C15H20N2O2. The highest BCUT2D eigenvalue weighted by molar-refractivity contribution is 5.83. The molecule has 0 saturated heterocycles. The molecule has 0 radical (unpaired) electrons. The van der Waals surface area contributed by atoms with Crippen molar-refractivity contribution in [1.29, 1.82) is 0 Å². The molecule has 0 amide bonds. The molecule has 2 rings (SSSR count). The molecule has 0 saturated carbocycles. The van der Waals surface area contributed by atoms with Crippen molar-refractivity contribution in [2.45, 2.75) is 44.9 Å². The fourth-order valence-corrected chi connectivity index (χ4v) is 2.15. The molecule has 0 spiro atoms. The first kappa shape index (κ1) is 13.6. The van der Waals surface area contributed by atoms with Crippen LogP contribution in [0.1, 0.15) is 33.3 Å². The van der Waals surface area contributed by atoms with E-state index in [1.54, 1.807) is 6.34 Å². The second-order valence-corrected chi connectivity index (χ2v) is 5.93. The molecule has 1 aromatic carbocycles. The van der Waals surface area contributed by atoms with Crippen molar-refractivity contribution in [2.24, 2.45) is 4.99 Å². The lowest BCUT2D eigenvalue weighted by Gasteiger charge is -2.31. The number of benzene rings is 1. The van der Waals surface area contributed by atoms with E-state index < -0.39 is 17.2 Å². The van der Waals surface area contributed by atoms with Crippen molar-refractivity contribution in [2.75, 3.05) is 0 Å². The molecule has 1 N–H and O–H groups in total. The van der Waals surface area contributed by atoms with Crippen LogP contribution < -0.4 is 5.32 Å². The number of nitrogens with one attached hydrogen (secondary N) is 1. The Morgan fingerprint density at radius 1 is 1.32 bits per heavy atom. The molecule has 4 heteroatoms. The van der Waals surface area contributed by atoms with Crippen molar-refractivity contribution in [3.05, 3.63) is 35.9 Å². The quantitative estimate of drug-likeness (QED) is 0.830. The number of hydrogen-bond acceptors (Lipinski definition) is 4. The topological polar surface area (TPSA) is 50.7 Å². The van der Waals surface area contributed by atoms with Crippen LogP contribution in [0.25, 0.3) is 0 Å². The van der Waals surface area contributed by atoms with Crippen molar-refractivity contribution in [1.82, 2.24) is 5.32 Å². The summed E-state index contributed by atoms with van der Waals surface area (Å²) in [6.07, 6.45) is 1.58. The van der Waals surface area contributed by atoms with Gasteiger partial charge in [-0.1, -0.05) is 30.3 Å². The van der Waals surface area contributed by atoms with E-state index in [9.17, 15) is 4.79 Å². The Labute approximate surface area is 113 Å². The van der Waals surface area contributed by atoms with Gasteiger partial charge in [-0.2, -0.15) is 0 Å². The molecule has 1 aliphatic heterocycles. The van der Waals surface area contributed by atoms with Gasteiger partial charge < -0.3 is 10.1 Å². The fraction of sp³-hybridized carbons (Fsp3) is 0.467. The van der Waals surface area contributed by atoms with Crippen LogP contribution >= 0.6 is 0 Å². The Kier molecular flexibility index (Phi) is 3.35. The Hall–Kier alpha value is -1.84. The van der Waals surface area contributed by atoms with Gasteiger partial charge in [0.05, 0.1) is 11.9 Å². The van der Waals surface area contributed by atoms with E-state index in [0.717, 1.165) is 5.56 Å². The molecule has 1 aromatic rings. The zero-order chi connectivity index (χ0) is 14.1. The Morgan fingerprint density at radius 3 is 2.53 bits per heavy atom. The van der Waals surface area contributed by atoms with Crippen molar-refractivity contribution >= 4 is 12.3 Å². The maximum atomic E-state index is 12.3. The highest BCUT2D eigenvalue weighted by Gasteiger charge is 2.44. The zero-order valence-electron chi connectivity index (χ0n) is 11.8. The molecular weight excluding hydrogens is 240 g/mol. The maximum absolute atomic E-state index is 12.3. The van der Waals surface area contributed by atoms with Gasteiger partial charge in [0.1, 0.15) is 5.60 Å². The van der Waals surface area contributed by atoms with Gasteiger partial charge in [0.15, 0.2) is 6.04 Å². The molecule has 0 aliphatic carbocycles. The molecule has 19 heavy (non-hydrogen) atoms. The third-order valence-electron chi connectivity index (χ3n) is 3.14. The van der Waals surface area contributed by atoms with Gasteiger partial charge in [-0.25, -0.2) is 4.79 Å². The maximum Gasteiger partial charge on any atom is 0.334 e. The number of carbonyl (C=O) groups excluding carboxylic acids is 1. The zero-order valence-corrected chi connectivity index (χ0v) is 11.8. The number of aliphatic imine (C=N–C) groups is 1. The van der Waals surface area contributed by atoms with E-state index in [1.807, 2.05) is 58.0 Å². The van der Waals surface area contributed by atoms with E-state index >= 15 is 0 Å². The number of esters is 1. The summed E-state index contributed by atoms with van der Waals surface area (Å²) < 4.78 is 5.45. The Morgan fingerprint density at radius 2 is 1.95 bits per heavy atom. The monoisotopic (exact) mass is 260 g/mol. The van der Waals surface area contributed by atoms with Crippen molar-refractivity contribution in [3.8, 4) is 0 Å². The predicted molar refractivity (Wildman–Crippen MR) is 75.1 cm³/mol. The second-order valence-electron chi connectivity index (χ2n) is 5.93. The van der Waals surface area contributed by atoms with E-state index in [1.165, 1.54) is 0 Å². The van der Waals surface area contributed by atoms with E-state index in [4.69, 9.17) is 4.74 Å². The molecule has 4 nitrogen and oxygen atoms in total. The van der Waals surface area contributed by atoms with Gasteiger partial charge in [0.2, 0.25) is 0 Å². The van der Waals surface area contributed by atoms with Gasteiger partial charge in [-0.3, -0.25) is 4.99 Å². The molecule has 0 fully saturated rings. The Balaban J connectivity index is 2.25. The van der Waals surface area contributed by atoms with Crippen LogP contribution in [0.15, 0.2) is 35.3 Å². The summed E-state index contributed by atoms with van der Waals surface area (Å²) >= 11 is 0. The third kappa shape index (κ3) is 2.78. The number of nitrogens with zero attached hydrogens (tertiary/aromatic N) is 1. The van der Waals surface area contributed by atoms with E-state index in [2.05, 4.69) is 10.3 Å². The second kappa shape index (κ2) is 4.68. The largest absolute Gasteiger partial charge is 0.458 e. The molecule has 1 aliphatic rings. The highest BCUT2D eigenvalue weighted by atomic mass is 16.6. The Bertz CT molecular complexity index is 491. The summed E-state index contributed by atoms with van der Waals surface area (Å²) in [7, 11) is 0. The van der Waals surface area contributed by atoms with Crippen molar-refractivity contribution in [3.63, 3.8) is 0 Å². The summed E-state index contributed by atoms with van der Waals surface area (Å²) in [5.41, 5.74) is -0.0421. The minimum Gasteiger partial charge on any atom is -0.458 e. The van der Waals surface area contributed by atoms with Gasteiger partial charge in [-0.15, -0.1) is 0 Å². The summed E-state index contributed by atoms with van der Waals surface area (Å²) in [5.74, 6) is -0.305. The van der Waals surface area contributed by atoms with Gasteiger partial charge in [0, 0.05) is 0 Å². The van der Waals surface area contributed by atoms with Gasteiger partial charge in [0.25, 0.3) is 0 Å². The highest BCUT2D eigenvalue weighted by Crippen LogP contribution is 2.30. The minimum absolute atomic E-state index is 0.305. The van der Waals surface area contributed by atoms with Crippen molar-refractivity contribution < 1.29 is 9.53 Å². The number of rotatable bonds is 2. The average Bonchev–Trinajstić information content (AvgIpc) is 2.72. The van der Waals surface area contributed by atoms with Gasteiger partial charge in [-0.05, 0) is 33.3 Å². The lowest BCUT2D eigenvalue weighted by Crippen LogP contribution is -2.48. The van der Waals surface area contributed by atoms with Crippen LogP contribution in [-0.4, -0.2) is 24.0 Å². The molecule has 102 valence electrons. The minimum atomic E-state index is -0.561. The first-order valence-electron chi connectivity index (χ1n) is 6.41. The SMILES string of the molecule is CC(C)(C)OC(=O)[C@@H]1N=CN[C@@]1(C)c1ccccc1. The lowest BCUT2D eigenvalue weighted by molar-refractivity contribution is -0.158. The normalized spacial score (nSPS) is 26.0. The van der Waals surface area contributed by atoms with Crippen LogP contribution in [0.3, 0.4) is 0 Å². The van der Waals surface area contributed by atoms with Crippen LogP contribution in [0.5, 0.6) is 0 Å².